The van der Waals surface area contributed by atoms with Crippen molar-refractivity contribution in [2.75, 3.05) is 39.3 Å². The monoisotopic (exact) mass is 393 g/mol. The highest BCUT2D eigenvalue weighted by molar-refractivity contribution is 14.0. The summed E-state index contributed by atoms with van der Waals surface area (Å²) in [6.07, 6.45) is 1.80. The van der Waals surface area contributed by atoms with Gasteiger partial charge in [0.15, 0.2) is 5.96 Å². The predicted octanol–water partition coefficient (Wildman–Crippen LogP) is 0.239. The van der Waals surface area contributed by atoms with E-state index >= 15 is 0 Å². The van der Waals surface area contributed by atoms with E-state index in [-0.39, 0.29) is 35.8 Å². The summed E-state index contributed by atoms with van der Waals surface area (Å²) in [5.74, 6) is 0.832. The third-order valence-corrected chi connectivity index (χ3v) is 3.10. The van der Waals surface area contributed by atoms with Gasteiger partial charge in [0.1, 0.15) is 9.84 Å². The molecule has 0 spiro atoms. The quantitative estimate of drug-likeness (QED) is 0.280. The summed E-state index contributed by atoms with van der Waals surface area (Å²) in [6.45, 7) is 3.18. The van der Waals surface area contributed by atoms with E-state index < -0.39 is 9.84 Å². The van der Waals surface area contributed by atoms with Crippen molar-refractivity contribution in [3.05, 3.63) is 0 Å². The van der Waals surface area contributed by atoms with Crippen molar-refractivity contribution < 1.29 is 13.2 Å². The van der Waals surface area contributed by atoms with Crippen LogP contribution < -0.4 is 10.6 Å². The molecule has 18 heavy (non-hydrogen) atoms. The van der Waals surface area contributed by atoms with E-state index in [1.165, 1.54) is 6.26 Å². The van der Waals surface area contributed by atoms with E-state index in [1.807, 2.05) is 6.92 Å². The molecule has 0 heterocycles. The molecule has 0 aromatic carbocycles. The first kappa shape index (κ1) is 20.2. The lowest BCUT2D eigenvalue weighted by Crippen LogP contribution is -2.43. The molecule has 0 radical (unpaired) electrons. The fourth-order valence-corrected chi connectivity index (χ4v) is 1.94. The number of nitrogens with one attached hydrogen (secondary N) is 2. The van der Waals surface area contributed by atoms with Gasteiger partial charge in [-0.25, -0.2) is 8.42 Å². The van der Waals surface area contributed by atoms with Crippen LogP contribution in [0.1, 0.15) is 13.3 Å². The molecule has 0 aromatic heterocycles. The third kappa shape index (κ3) is 12.4. The lowest BCUT2D eigenvalue weighted by molar-refractivity contribution is 0.203. The van der Waals surface area contributed by atoms with Gasteiger partial charge in [-0.1, -0.05) is 0 Å². The molecule has 0 amide bonds. The number of halogens is 1. The lowest BCUT2D eigenvalue weighted by Gasteiger charge is -2.17. The summed E-state index contributed by atoms with van der Waals surface area (Å²) in [6, 6.07) is 0.0541. The van der Waals surface area contributed by atoms with E-state index in [2.05, 4.69) is 15.6 Å². The molecular weight excluding hydrogens is 369 g/mol. The number of hydrogen-bond acceptors (Lipinski definition) is 4. The number of rotatable bonds is 7. The summed E-state index contributed by atoms with van der Waals surface area (Å²) in [4.78, 5) is 4.03. The highest BCUT2D eigenvalue weighted by Gasteiger charge is 2.08. The molecule has 0 saturated heterocycles. The average molecular weight is 393 g/mol. The fraction of sp³-hybridized carbons (Fsp3) is 0.900. The predicted molar refractivity (Wildman–Crippen MR) is 85.6 cm³/mol. The van der Waals surface area contributed by atoms with Crippen LogP contribution in [-0.4, -0.2) is 59.7 Å². The smallest absolute Gasteiger partial charge is 0.191 e. The Bertz CT molecular complexity index is 333. The molecule has 110 valence electrons. The van der Waals surface area contributed by atoms with Crippen LogP contribution in [0.3, 0.4) is 0 Å². The Labute approximate surface area is 127 Å². The van der Waals surface area contributed by atoms with E-state index in [0.29, 0.717) is 25.5 Å². The van der Waals surface area contributed by atoms with Crippen LogP contribution in [0, 0.1) is 0 Å². The van der Waals surface area contributed by atoms with Crippen LogP contribution >= 0.6 is 24.0 Å². The number of methoxy groups -OCH3 is 1. The maximum atomic E-state index is 11.0. The maximum Gasteiger partial charge on any atom is 0.191 e. The Hall–Kier alpha value is -0.0900. The Balaban J connectivity index is 0. The Morgan fingerprint density at radius 2 is 2.06 bits per heavy atom. The first-order valence-corrected chi connectivity index (χ1v) is 7.59. The molecule has 0 saturated carbocycles. The minimum absolute atomic E-state index is 0. The van der Waals surface area contributed by atoms with Gasteiger partial charge < -0.3 is 15.4 Å². The van der Waals surface area contributed by atoms with Crippen LogP contribution in [0.25, 0.3) is 0 Å². The molecule has 0 fully saturated rings. The van der Waals surface area contributed by atoms with Gasteiger partial charge in [-0.15, -0.1) is 24.0 Å². The lowest BCUT2D eigenvalue weighted by atomic mass is 10.3. The zero-order chi connectivity index (χ0) is 13.3. The van der Waals surface area contributed by atoms with Gasteiger partial charge in [0, 0.05) is 33.0 Å². The average Bonchev–Trinajstić information content (AvgIpc) is 2.24. The molecule has 1 unspecified atom stereocenters. The van der Waals surface area contributed by atoms with Crippen LogP contribution in [0.2, 0.25) is 0 Å². The number of hydrogen-bond donors (Lipinski definition) is 2. The fourth-order valence-electron chi connectivity index (χ4n) is 1.16. The van der Waals surface area contributed by atoms with Gasteiger partial charge in [0.25, 0.3) is 0 Å². The molecule has 6 nitrogen and oxygen atoms in total. The molecule has 8 heteroatoms. The summed E-state index contributed by atoms with van der Waals surface area (Å²) >= 11 is 0. The van der Waals surface area contributed by atoms with Crippen molar-refractivity contribution in [3.8, 4) is 0 Å². The molecule has 0 aliphatic heterocycles. The number of sulfone groups is 1. The van der Waals surface area contributed by atoms with Crippen LogP contribution in [0.4, 0.5) is 0 Å². The minimum atomic E-state index is -2.90. The summed E-state index contributed by atoms with van der Waals surface area (Å²) in [5, 5.41) is 6.18. The normalized spacial score (nSPS) is 13.7. The van der Waals surface area contributed by atoms with Crippen molar-refractivity contribution in [2.45, 2.75) is 19.4 Å². The molecule has 0 rings (SSSR count). The second-order valence-corrected chi connectivity index (χ2v) is 6.22. The molecule has 1 atom stereocenters. The zero-order valence-electron chi connectivity index (χ0n) is 11.4. The molecule has 0 bridgehead atoms. The minimum Gasteiger partial charge on any atom is -0.383 e. The van der Waals surface area contributed by atoms with Crippen LogP contribution in [-0.2, 0) is 14.6 Å². The third-order valence-electron chi connectivity index (χ3n) is 2.13. The van der Waals surface area contributed by atoms with Crippen molar-refractivity contribution in [2.24, 2.45) is 4.99 Å². The van der Waals surface area contributed by atoms with E-state index in [0.717, 1.165) is 0 Å². The van der Waals surface area contributed by atoms with Gasteiger partial charge in [-0.2, -0.15) is 0 Å². The Kier molecular flexibility index (Phi) is 12.1. The molecule has 2 N–H and O–H groups in total. The zero-order valence-corrected chi connectivity index (χ0v) is 14.5. The van der Waals surface area contributed by atoms with Gasteiger partial charge in [-0.3, -0.25) is 4.99 Å². The number of aliphatic imine (C=N–C) groups is 1. The molecule has 0 aliphatic carbocycles. The number of guanidine groups is 1. The summed E-state index contributed by atoms with van der Waals surface area (Å²) in [5.41, 5.74) is 0. The van der Waals surface area contributed by atoms with Gasteiger partial charge in [0.2, 0.25) is 0 Å². The number of nitrogens with zero attached hydrogens (tertiary/aromatic N) is 1. The highest BCUT2D eigenvalue weighted by Crippen LogP contribution is 1.95. The Morgan fingerprint density at radius 3 is 2.50 bits per heavy atom. The topological polar surface area (TPSA) is 79.8 Å². The van der Waals surface area contributed by atoms with E-state index in [9.17, 15) is 8.42 Å². The number of ether oxygens (including phenoxy) is 1. The van der Waals surface area contributed by atoms with Crippen molar-refractivity contribution in [3.63, 3.8) is 0 Å². The molecular formula is C10H24IN3O3S. The van der Waals surface area contributed by atoms with E-state index in [1.54, 1.807) is 14.2 Å². The van der Waals surface area contributed by atoms with Gasteiger partial charge >= 0.3 is 0 Å². The molecule has 0 aromatic rings. The second kappa shape index (κ2) is 10.8. The molecule has 0 aliphatic rings. The first-order chi connectivity index (χ1) is 7.89. The van der Waals surface area contributed by atoms with Crippen molar-refractivity contribution >= 4 is 39.8 Å². The second-order valence-electron chi connectivity index (χ2n) is 3.96. The summed E-state index contributed by atoms with van der Waals surface area (Å²) in [7, 11) is 0.401. The van der Waals surface area contributed by atoms with Gasteiger partial charge in [0.05, 0.1) is 12.4 Å². The summed E-state index contributed by atoms with van der Waals surface area (Å²) < 4.78 is 26.9. The standard InChI is InChI=1S/C10H23N3O3S.HI/c1-9(5-8-17(4,14)15)13-10(11-2)12-6-7-16-3;/h9H,5-8H2,1-4H3,(H2,11,12,13);1H. The van der Waals surface area contributed by atoms with Crippen LogP contribution in [0.5, 0.6) is 0 Å². The first-order valence-electron chi connectivity index (χ1n) is 5.53. The SMILES string of the molecule is CN=C(NCCOC)NC(C)CCS(C)(=O)=O.I. The van der Waals surface area contributed by atoms with Crippen molar-refractivity contribution in [1.29, 1.82) is 0 Å². The van der Waals surface area contributed by atoms with Crippen molar-refractivity contribution in [1.82, 2.24) is 10.6 Å². The largest absolute Gasteiger partial charge is 0.383 e. The van der Waals surface area contributed by atoms with Gasteiger partial charge in [-0.05, 0) is 13.3 Å². The van der Waals surface area contributed by atoms with E-state index in [4.69, 9.17) is 4.74 Å². The maximum absolute atomic E-state index is 11.0. The Morgan fingerprint density at radius 1 is 1.44 bits per heavy atom. The highest BCUT2D eigenvalue weighted by atomic mass is 127. The van der Waals surface area contributed by atoms with Crippen LogP contribution in [0.15, 0.2) is 4.99 Å².